The molecule has 0 aliphatic carbocycles. The lowest BCUT2D eigenvalue weighted by Gasteiger charge is -2.17. The second kappa shape index (κ2) is 8.71. The monoisotopic (exact) mass is 369 g/mol. The molecule has 5 heteroatoms. The van der Waals surface area contributed by atoms with Gasteiger partial charge >= 0.3 is 5.97 Å². The largest absolute Gasteiger partial charge is 0.482 e. The number of amides is 1. The molecule has 27 heavy (non-hydrogen) atoms. The third-order valence-corrected chi connectivity index (χ3v) is 4.15. The zero-order valence-corrected chi connectivity index (χ0v) is 16.8. The van der Waals surface area contributed by atoms with Crippen LogP contribution in [0.1, 0.15) is 34.7 Å². The molecule has 5 nitrogen and oxygen atoms in total. The molecule has 0 bridgehead atoms. The van der Waals surface area contributed by atoms with Crippen molar-refractivity contribution in [3.63, 3.8) is 0 Å². The van der Waals surface area contributed by atoms with Crippen LogP contribution < -0.4 is 10.1 Å². The normalized spacial score (nSPS) is 11.6. The van der Waals surface area contributed by atoms with Crippen LogP contribution in [0, 0.1) is 34.6 Å². The number of anilines is 1. The van der Waals surface area contributed by atoms with E-state index >= 15 is 0 Å². The second-order valence-corrected chi connectivity index (χ2v) is 7.01. The minimum atomic E-state index is -0.916. The quantitative estimate of drug-likeness (QED) is 0.776. The molecule has 0 radical (unpaired) electrons. The number of carbonyl (C=O) groups excluding carboxylic acids is 2. The number of carbonyl (C=O) groups is 2. The molecule has 1 amide bonds. The van der Waals surface area contributed by atoms with Gasteiger partial charge in [-0.1, -0.05) is 23.8 Å². The molecule has 0 fully saturated rings. The fraction of sp³-hybridized carbons (Fsp3) is 0.364. The van der Waals surface area contributed by atoms with E-state index in [1.165, 1.54) is 0 Å². The van der Waals surface area contributed by atoms with Crippen LogP contribution in [0.3, 0.4) is 0 Å². The highest BCUT2D eigenvalue weighted by molar-refractivity contribution is 5.96. The van der Waals surface area contributed by atoms with Crippen LogP contribution in [-0.2, 0) is 14.3 Å². The van der Waals surface area contributed by atoms with Gasteiger partial charge in [0, 0.05) is 5.69 Å². The van der Waals surface area contributed by atoms with Crippen molar-refractivity contribution in [1.82, 2.24) is 0 Å². The Morgan fingerprint density at radius 1 is 0.889 bits per heavy atom. The van der Waals surface area contributed by atoms with Crippen LogP contribution in [0.15, 0.2) is 30.3 Å². The van der Waals surface area contributed by atoms with E-state index in [-0.39, 0.29) is 12.5 Å². The Kier molecular flexibility index (Phi) is 6.61. The fourth-order valence-corrected chi connectivity index (χ4v) is 3.05. The molecule has 0 saturated heterocycles. The molecule has 1 atom stereocenters. The summed E-state index contributed by atoms with van der Waals surface area (Å²) in [6.07, 6.45) is -0.916. The number of esters is 1. The second-order valence-electron chi connectivity index (χ2n) is 7.01. The molecule has 2 aromatic rings. The van der Waals surface area contributed by atoms with Crippen LogP contribution in [0.4, 0.5) is 5.69 Å². The van der Waals surface area contributed by atoms with Crippen LogP contribution in [-0.4, -0.2) is 24.6 Å². The Bertz CT molecular complexity index is 814. The molecule has 0 aliphatic rings. The molecular formula is C22H27NO4. The zero-order valence-electron chi connectivity index (χ0n) is 16.8. The highest BCUT2D eigenvalue weighted by Crippen LogP contribution is 2.22. The zero-order chi connectivity index (χ0) is 20.1. The predicted octanol–water partition coefficient (Wildman–Crippen LogP) is 4.18. The third kappa shape index (κ3) is 5.84. The number of hydrogen-bond acceptors (Lipinski definition) is 4. The first kappa shape index (κ1) is 20.5. The number of ether oxygens (including phenoxy) is 2. The smallest absolute Gasteiger partial charge is 0.344 e. The summed E-state index contributed by atoms with van der Waals surface area (Å²) in [4.78, 5) is 24.4. The van der Waals surface area contributed by atoms with Gasteiger partial charge in [-0.15, -0.1) is 0 Å². The SMILES string of the molecule is Cc1cc(C)cc(OCC(=O)O[C@H](C)C(=O)Nc2c(C)cc(C)cc2C)c1. The predicted molar refractivity (Wildman–Crippen MR) is 106 cm³/mol. The third-order valence-electron chi connectivity index (χ3n) is 4.15. The molecule has 2 rings (SSSR count). The van der Waals surface area contributed by atoms with Crippen molar-refractivity contribution in [2.45, 2.75) is 47.6 Å². The molecule has 0 unspecified atom stereocenters. The highest BCUT2D eigenvalue weighted by atomic mass is 16.6. The van der Waals surface area contributed by atoms with Crippen LogP contribution in [0.2, 0.25) is 0 Å². The Morgan fingerprint density at radius 2 is 1.41 bits per heavy atom. The summed E-state index contributed by atoms with van der Waals surface area (Å²) >= 11 is 0. The molecular weight excluding hydrogens is 342 g/mol. The lowest BCUT2D eigenvalue weighted by Crippen LogP contribution is -2.32. The van der Waals surface area contributed by atoms with Crippen molar-refractivity contribution >= 4 is 17.6 Å². The summed E-state index contributed by atoms with van der Waals surface area (Å²) in [7, 11) is 0. The molecule has 0 aliphatic heterocycles. The van der Waals surface area contributed by atoms with Crippen molar-refractivity contribution in [3.8, 4) is 5.75 Å². The summed E-state index contributed by atoms with van der Waals surface area (Å²) < 4.78 is 10.7. The van der Waals surface area contributed by atoms with E-state index in [0.717, 1.165) is 33.5 Å². The maximum absolute atomic E-state index is 12.4. The maximum atomic E-state index is 12.4. The summed E-state index contributed by atoms with van der Waals surface area (Å²) in [5.41, 5.74) is 5.92. The standard InChI is InChI=1S/C22H27NO4/c1-13-7-14(2)11-19(10-13)26-12-20(24)27-18(6)22(25)23-21-16(4)8-15(3)9-17(21)5/h7-11,18H,12H2,1-6H3,(H,23,25)/t18-/m1/s1. The van der Waals surface area contributed by atoms with Crippen molar-refractivity contribution in [2.75, 3.05) is 11.9 Å². The molecule has 0 spiro atoms. The van der Waals surface area contributed by atoms with E-state index < -0.39 is 12.1 Å². The molecule has 0 aromatic heterocycles. The molecule has 1 N–H and O–H groups in total. The Labute approximate surface area is 160 Å². The summed E-state index contributed by atoms with van der Waals surface area (Å²) in [6.45, 7) is 11.1. The van der Waals surface area contributed by atoms with E-state index in [0.29, 0.717) is 5.75 Å². The van der Waals surface area contributed by atoms with Crippen LogP contribution in [0.25, 0.3) is 0 Å². The van der Waals surface area contributed by atoms with E-state index in [1.807, 2.05) is 65.0 Å². The van der Waals surface area contributed by atoms with Gasteiger partial charge in [0.15, 0.2) is 12.7 Å². The highest BCUT2D eigenvalue weighted by Gasteiger charge is 2.19. The topological polar surface area (TPSA) is 64.6 Å². The first-order valence-corrected chi connectivity index (χ1v) is 8.95. The van der Waals surface area contributed by atoms with Gasteiger partial charge in [-0.3, -0.25) is 4.79 Å². The van der Waals surface area contributed by atoms with Gasteiger partial charge < -0.3 is 14.8 Å². The van der Waals surface area contributed by atoms with E-state index in [1.54, 1.807) is 6.92 Å². The van der Waals surface area contributed by atoms with Crippen molar-refractivity contribution in [2.24, 2.45) is 0 Å². The Morgan fingerprint density at radius 3 is 1.96 bits per heavy atom. The Hall–Kier alpha value is -2.82. The molecule has 2 aromatic carbocycles. The van der Waals surface area contributed by atoms with Crippen molar-refractivity contribution in [3.05, 3.63) is 58.1 Å². The average Bonchev–Trinajstić information content (AvgIpc) is 2.55. The van der Waals surface area contributed by atoms with Gasteiger partial charge in [-0.05, 0) is 75.9 Å². The first-order chi connectivity index (χ1) is 12.7. The van der Waals surface area contributed by atoms with E-state index in [2.05, 4.69) is 5.32 Å². The van der Waals surface area contributed by atoms with E-state index in [4.69, 9.17) is 9.47 Å². The van der Waals surface area contributed by atoms with Crippen molar-refractivity contribution < 1.29 is 19.1 Å². The summed E-state index contributed by atoms with van der Waals surface area (Å²) in [6, 6.07) is 9.71. The molecule has 0 saturated carbocycles. The van der Waals surface area contributed by atoms with Crippen molar-refractivity contribution in [1.29, 1.82) is 0 Å². The van der Waals surface area contributed by atoms with Gasteiger partial charge in [0.1, 0.15) is 5.75 Å². The molecule has 144 valence electrons. The number of rotatable bonds is 6. The van der Waals surface area contributed by atoms with Gasteiger partial charge in [0.05, 0.1) is 0 Å². The van der Waals surface area contributed by atoms with E-state index in [9.17, 15) is 9.59 Å². The number of aryl methyl sites for hydroxylation is 5. The lowest BCUT2D eigenvalue weighted by molar-refractivity contribution is -0.155. The van der Waals surface area contributed by atoms with Gasteiger partial charge in [-0.25, -0.2) is 4.79 Å². The van der Waals surface area contributed by atoms with Crippen LogP contribution in [0.5, 0.6) is 5.75 Å². The minimum Gasteiger partial charge on any atom is -0.482 e. The van der Waals surface area contributed by atoms with Crippen LogP contribution >= 0.6 is 0 Å². The summed E-state index contributed by atoms with van der Waals surface area (Å²) in [5.74, 6) is -0.355. The average molecular weight is 369 g/mol. The maximum Gasteiger partial charge on any atom is 0.344 e. The molecule has 0 heterocycles. The number of benzene rings is 2. The number of hydrogen-bond donors (Lipinski definition) is 1. The van der Waals surface area contributed by atoms with Gasteiger partial charge in [-0.2, -0.15) is 0 Å². The lowest BCUT2D eigenvalue weighted by atomic mass is 10.0. The van der Waals surface area contributed by atoms with Gasteiger partial charge in [0.25, 0.3) is 5.91 Å². The Balaban J connectivity index is 1.91. The summed E-state index contributed by atoms with van der Waals surface area (Å²) in [5, 5.41) is 2.84. The number of nitrogens with one attached hydrogen (secondary N) is 1. The minimum absolute atomic E-state index is 0.247. The first-order valence-electron chi connectivity index (χ1n) is 8.95. The fourth-order valence-electron chi connectivity index (χ4n) is 3.05. The van der Waals surface area contributed by atoms with Gasteiger partial charge in [0.2, 0.25) is 0 Å².